The molecule has 0 aromatic heterocycles. The van der Waals surface area contributed by atoms with Crippen LogP contribution < -0.4 is 4.90 Å². The number of hydrogen-bond donors (Lipinski definition) is 3. The van der Waals surface area contributed by atoms with Crippen molar-refractivity contribution in [2.75, 3.05) is 16.7 Å². The van der Waals surface area contributed by atoms with Crippen molar-refractivity contribution in [1.29, 1.82) is 0 Å². The summed E-state index contributed by atoms with van der Waals surface area (Å²) in [5, 5.41) is 0. The largest absolute Gasteiger partial charge is 0.327 e. The van der Waals surface area contributed by atoms with Crippen molar-refractivity contribution in [3.05, 3.63) is 77.0 Å². The Morgan fingerprint density at radius 2 is 1.50 bits per heavy atom. The van der Waals surface area contributed by atoms with E-state index in [1.54, 1.807) is 38.1 Å². The van der Waals surface area contributed by atoms with Gasteiger partial charge in [-0.3, -0.25) is 13.7 Å². The predicted molar refractivity (Wildman–Crippen MR) is 151 cm³/mol. The van der Waals surface area contributed by atoms with Crippen molar-refractivity contribution in [2.45, 2.75) is 50.3 Å². The van der Waals surface area contributed by atoms with Gasteiger partial charge in [0.05, 0.1) is 10.3 Å². The number of benzene rings is 2. The second-order valence-corrected chi connectivity index (χ2v) is 15.3. The second kappa shape index (κ2) is 9.60. The molecule has 2 aliphatic rings. The highest BCUT2D eigenvalue weighted by Crippen LogP contribution is 2.48. The molecule has 0 fully saturated rings. The van der Waals surface area contributed by atoms with Gasteiger partial charge in [0.25, 0.3) is 26.1 Å². The molecule has 11 nitrogen and oxygen atoms in total. The molecule has 2 aromatic carbocycles. The van der Waals surface area contributed by atoms with Gasteiger partial charge in [-0.05, 0) is 50.6 Å². The Morgan fingerprint density at radius 3 is 2.08 bits per heavy atom. The minimum atomic E-state index is -4.53. The van der Waals surface area contributed by atoms with E-state index in [2.05, 4.69) is 0 Å². The van der Waals surface area contributed by atoms with Crippen LogP contribution >= 0.6 is 0 Å². The number of anilines is 1. The Kier molecular flexibility index (Phi) is 7.22. The number of allylic oxidation sites excluding steroid dienone is 4. The van der Waals surface area contributed by atoms with Crippen LogP contribution in [0.2, 0.25) is 0 Å². The van der Waals surface area contributed by atoms with Gasteiger partial charge in [-0.1, -0.05) is 37.6 Å². The maximum absolute atomic E-state index is 11.9. The van der Waals surface area contributed by atoms with Crippen molar-refractivity contribution in [2.24, 2.45) is 0 Å². The van der Waals surface area contributed by atoms with Crippen LogP contribution in [0.3, 0.4) is 0 Å². The average Bonchev–Trinajstić information content (AvgIpc) is 3.10. The summed E-state index contributed by atoms with van der Waals surface area (Å²) < 4.78 is 101. The fourth-order valence-electron chi connectivity index (χ4n) is 5.44. The van der Waals surface area contributed by atoms with Crippen molar-refractivity contribution in [1.82, 2.24) is 0 Å². The molecular weight excluding hydrogens is 580 g/mol. The van der Waals surface area contributed by atoms with Gasteiger partial charge in [0, 0.05) is 34.5 Å². The van der Waals surface area contributed by atoms with Crippen molar-refractivity contribution >= 4 is 47.4 Å². The molecular formula is C26H31N2O9S3+. The first-order valence-electron chi connectivity index (χ1n) is 12.1. The number of hydrogen-bond acceptors (Lipinski definition) is 7. The quantitative estimate of drug-likeness (QED) is 0.311. The highest BCUT2D eigenvalue weighted by molar-refractivity contribution is 7.86. The van der Waals surface area contributed by atoms with Gasteiger partial charge in [-0.2, -0.15) is 29.8 Å². The molecule has 2 aromatic rings. The molecule has 2 aliphatic heterocycles. The molecule has 0 bridgehead atoms. The standard InChI is InChI=1S/C26H30N2O9S3/c1-17-9-11-21-19(13-17)25(2,3)23(27(21)15-38(29,30)31)7-6-8-24-26(4,5)20-14-18(40(35,36)37)10-12-22(20)28(24)16-39(32,33)34/h6-14H,15-16H2,1-5H3,(H2-,29,30,31,32,33,34,35,36,37)/p+1. The van der Waals surface area contributed by atoms with E-state index in [1.165, 1.54) is 21.6 Å². The average molecular weight is 612 g/mol. The second-order valence-electron chi connectivity index (χ2n) is 11.0. The zero-order valence-electron chi connectivity index (χ0n) is 22.5. The van der Waals surface area contributed by atoms with Crippen molar-refractivity contribution < 1.29 is 43.5 Å². The summed E-state index contributed by atoms with van der Waals surface area (Å²) in [6, 6.07) is 9.33. The molecule has 0 saturated heterocycles. The fraction of sp³-hybridized carbons (Fsp3) is 0.346. The van der Waals surface area contributed by atoms with Crippen LogP contribution in [-0.2, 0) is 41.2 Å². The molecule has 0 atom stereocenters. The lowest BCUT2D eigenvalue weighted by Crippen LogP contribution is -2.31. The van der Waals surface area contributed by atoms with Gasteiger partial charge >= 0.3 is 10.1 Å². The smallest absolute Gasteiger partial charge is 0.326 e. The first-order valence-corrected chi connectivity index (χ1v) is 16.7. The van der Waals surface area contributed by atoms with E-state index in [0.717, 1.165) is 17.2 Å². The fourth-order valence-corrected chi connectivity index (χ4v) is 7.15. The third-order valence-electron chi connectivity index (χ3n) is 7.30. The maximum Gasteiger partial charge on any atom is 0.326 e. The van der Waals surface area contributed by atoms with Crippen molar-refractivity contribution in [3.63, 3.8) is 0 Å². The first-order chi connectivity index (χ1) is 18.1. The molecule has 0 aliphatic carbocycles. The highest BCUT2D eigenvalue weighted by Gasteiger charge is 2.46. The lowest BCUT2D eigenvalue weighted by Gasteiger charge is -2.25. The Bertz CT molecular complexity index is 1830. The van der Waals surface area contributed by atoms with Gasteiger partial charge in [-0.15, -0.1) is 0 Å². The highest BCUT2D eigenvalue weighted by atomic mass is 32.2. The molecule has 0 radical (unpaired) electrons. The molecule has 14 heteroatoms. The van der Waals surface area contributed by atoms with Gasteiger partial charge in [-0.25, -0.2) is 0 Å². The lowest BCUT2D eigenvalue weighted by atomic mass is 9.81. The SMILES string of the molecule is Cc1ccc2c(c1)C(C)(C)/C(=C\C=C\C1=[N+](CS(=O)(=O)O)c3ccc(S(=O)(=O)O)cc3C1(C)C)N2CS(=O)(=O)O. The van der Waals surface area contributed by atoms with Crippen LogP contribution in [-0.4, -0.2) is 61.0 Å². The van der Waals surface area contributed by atoms with Gasteiger partial charge < -0.3 is 4.90 Å². The summed E-state index contributed by atoms with van der Waals surface area (Å²) in [6.07, 6.45) is 4.87. The topological polar surface area (TPSA) is 169 Å². The van der Waals surface area contributed by atoms with Gasteiger partial charge in [0.2, 0.25) is 5.69 Å². The zero-order valence-corrected chi connectivity index (χ0v) is 25.0. The predicted octanol–water partition coefficient (Wildman–Crippen LogP) is 3.55. The van der Waals surface area contributed by atoms with Gasteiger partial charge in [0.15, 0.2) is 11.6 Å². The summed E-state index contributed by atoms with van der Waals surface area (Å²) in [5.41, 5.74) is 2.54. The molecule has 0 spiro atoms. The van der Waals surface area contributed by atoms with Crippen LogP contribution in [0.1, 0.15) is 44.4 Å². The van der Waals surface area contributed by atoms with Crippen LogP contribution in [0.25, 0.3) is 0 Å². The Balaban J connectivity index is 1.87. The molecule has 4 rings (SSSR count). The molecule has 0 amide bonds. The number of rotatable bonds is 7. The van der Waals surface area contributed by atoms with E-state index in [4.69, 9.17) is 0 Å². The van der Waals surface area contributed by atoms with Crippen molar-refractivity contribution in [3.8, 4) is 0 Å². The number of aryl methyl sites for hydroxylation is 1. The molecule has 40 heavy (non-hydrogen) atoms. The number of nitrogens with zero attached hydrogens (tertiary/aromatic N) is 2. The molecule has 0 saturated carbocycles. The van der Waals surface area contributed by atoms with E-state index >= 15 is 0 Å². The maximum atomic E-state index is 11.9. The molecule has 3 N–H and O–H groups in total. The van der Waals surface area contributed by atoms with E-state index in [1.807, 2.05) is 32.9 Å². The normalized spacial score (nSPS) is 19.5. The van der Waals surface area contributed by atoms with Crippen LogP contribution in [0, 0.1) is 6.92 Å². The summed E-state index contributed by atoms with van der Waals surface area (Å²) >= 11 is 0. The summed E-state index contributed by atoms with van der Waals surface area (Å²) in [4.78, 5) is 1.14. The van der Waals surface area contributed by atoms with E-state index in [0.29, 0.717) is 28.3 Å². The monoisotopic (exact) mass is 611 g/mol. The first kappa shape index (κ1) is 30.1. The molecule has 216 valence electrons. The Hall–Kier alpha value is -2.88. The summed E-state index contributed by atoms with van der Waals surface area (Å²) in [5.74, 6) is -1.48. The summed E-state index contributed by atoms with van der Waals surface area (Å²) in [7, 11) is -13.5. The van der Waals surface area contributed by atoms with Gasteiger partial charge in [0.1, 0.15) is 0 Å². The summed E-state index contributed by atoms with van der Waals surface area (Å²) in [6.45, 7) is 9.22. The van der Waals surface area contributed by atoms with E-state index in [9.17, 15) is 38.9 Å². The molecule has 0 unspecified atom stereocenters. The third-order valence-corrected chi connectivity index (χ3v) is 9.32. The lowest BCUT2D eigenvalue weighted by molar-refractivity contribution is -0.416. The minimum Gasteiger partial charge on any atom is -0.327 e. The number of fused-ring (bicyclic) bond motifs is 2. The zero-order chi connectivity index (χ0) is 30.1. The Morgan fingerprint density at radius 1 is 0.850 bits per heavy atom. The van der Waals surface area contributed by atoms with E-state index < -0.39 is 52.9 Å². The van der Waals surface area contributed by atoms with Crippen LogP contribution in [0.5, 0.6) is 0 Å². The van der Waals surface area contributed by atoms with E-state index in [-0.39, 0.29) is 4.90 Å². The Labute approximate surface area is 234 Å². The van der Waals surface area contributed by atoms with Crippen LogP contribution in [0.15, 0.2) is 65.2 Å². The molecule has 2 heterocycles. The van der Waals surface area contributed by atoms with Crippen LogP contribution in [0.4, 0.5) is 11.4 Å². The third kappa shape index (κ3) is 5.64. The minimum absolute atomic E-state index is 0.333.